The second kappa shape index (κ2) is 4.82. The van der Waals surface area contributed by atoms with Crippen LogP contribution in [0.5, 0.6) is 5.88 Å². The maximum atomic E-state index is 11.8. The van der Waals surface area contributed by atoms with E-state index in [0.29, 0.717) is 5.56 Å². The number of pyridine rings is 1. The molecule has 2 N–H and O–H groups in total. The first kappa shape index (κ1) is 12.3. The summed E-state index contributed by atoms with van der Waals surface area (Å²) in [5.74, 6) is -0.684. The highest BCUT2D eigenvalue weighted by molar-refractivity contribution is 5.76. The number of carbonyl (C=O) groups is 1. The van der Waals surface area contributed by atoms with Crippen molar-refractivity contribution in [3.05, 3.63) is 23.9 Å². The molecule has 1 aromatic rings. The van der Waals surface area contributed by atoms with Crippen LogP contribution >= 0.6 is 0 Å². The molecule has 1 amide bonds. The van der Waals surface area contributed by atoms with Gasteiger partial charge < -0.3 is 10.5 Å². The maximum Gasteiger partial charge on any atom is 0.422 e. The normalized spacial score (nSPS) is 11.2. The Kier molecular flexibility index (Phi) is 3.70. The van der Waals surface area contributed by atoms with Gasteiger partial charge in [0.2, 0.25) is 11.8 Å². The Hall–Kier alpha value is -1.79. The summed E-state index contributed by atoms with van der Waals surface area (Å²) >= 11 is 0. The number of rotatable bonds is 4. The minimum Gasteiger partial charge on any atom is -0.468 e. The second-order valence-corrected chi connectivity index (χ2v) is 3.05. The van der Waals surface area contributed by atoms with Crippen molar-refractivity contribution in [2.24, 2.45) is 5.73 Å². The highest BCUT2D eigenvalue weighted by Gasteiger charge is 2.28. The fourth-order valence-electron chi connectivity index (χ4n) is 0.958. The smallest absolute Gasteiger partial charge is 0.422 e. The molecule has 1 aromatic heterocycles. The number of hydrogen-bond acceptors (Lipinski definition) is 3. The lowest BCUT2D eigenvalue weighted by Crippen LogP contribution is -2.19. The maximum absolute atomic E-state index is 11.8. The minimum atomic E-state index is -4.40. The Labute approximate surface area is 89.2 Å². The van der Waals surface area contributed by atoms with Crippen molar-refractivity contribution in [3.8, 4) is 5.88 Å². The molecule has 7 heteroatoms. The highest BCUT2D eigenvalue weighted by Crippen LogP contribution is 2.16. The van der Waals surface area contributed by atoms with E-state index >= 15 is 0 Å². The molecular formula is C9H9F3N2O2. The van der Waals surface area contributed by atoms with Crippen molar-refractivity contribution in [3.63, 3.8) is 0 Å². The first-order valence-corrected chi connectivity index (χ1v) is 4.29. The zero-order valence-corrected chi connectivity index (χ0v) is 8.12. The van der Waals surface area contributed by atoms with Crippen LogP contribution in [0.3, 0.4) is 0 Å². The number of ether oxygens (including phenoxy) is 1. The summed E-state index contributed by atoms with van der Waals surface area (Å²) in [6.07, 6.45) is -3.16. The Balaban J connectivity index is 2.55. The van der Waals surface area contributed by atoms with Crippen molar-refractivity contribution in [1.82, 2.24) is 4.98 Å². The highest BCUT2D eigenvalue weighted by atomic mass is 19.4. The number of hydrogen-bond donors (Lipinski definition) is 1. The number of alkyl halides is 3. The van der Waals surface area contributed by atoms with E-state index in [2.05, 4.69) is 9.72 Å². The van der Waals surface area contributed by atoms with Crippen LogP contribution in [0, 0.1) is 0 Å². The number of carbonyl (C=O) groups excluding carboxylic acids is 1. The van der Waals surface area contributed by atoms with Gasteiger partial charge in [0, 0.05) is 12.3 Å². The summed E-state index contributed by atoms with van der Waals surface area (Å²) in [4.78, 5) is 14.1. The van der Waals surface area contributed by atoms with Gasteiger partial charge in [-0.25, -0.2) is 4.98 Å². The Morgan fingerprint density at radius 2 is 2.12 bits per heavy atom. The fourth-order valence-corrected chi connectivity index (χ4v) is 0.958. The summed E-state index contributed by atoms with van der Waals surface area (Å²) in [5, 5.41) is 0. The summed E-state index contributed by atoms with van der Waals surface area (Å²) in [5.41, 5.74) is 5.45. The Morgan fingerprint density at radius 1 is 1.44 bits per heavy atom. The zero-order chi connectivity index (χ0) is 12.2. The fraction of sp³-hybridized carbons (Fsp3) is 0.333. The predicted molar refractivity (Wildman–Crippen MR) is 48.7 cm³/mol. The number of nitrogens with two attached hydrogens (primary N) is 1. The lowest BCUT2D eigenvalue weighted by molar-refractivity contribution is -0.154. The third-order valence-electron chi connectivity index (χ3n) is 1.56. The average Bonchev–Trinajstić information content (AvgIpc) is 2.14. The SMILES string of the molecule is NC(=O)Cc1ccc(OCC(F)(F)F)nc1. The molecule has 0 unspecified atom stereocenters. The van der Waals surface area contributed by atoms with Gasteiger partial charge in [0.15, 0.2) is 6.61 Å². The van der Waals surface area contributed by atoms with Crippen LogP contribution < -0.4 is 10.5 Å². The van der Waals surface area contributed by atoms with Crippen molar-refractivity contribution in [2.45, 2.75) is 12.6 Å². The minimum absolute atomic E-state index is 0.00739. The zero-order valence-electron chi connectivity index (χ0n) is 8.12. The molecule has 0 aliphatic rings. The van der Waals surface area contributed by atoms with Crippen molar-refractivity contribution < 1.29 is 22.7 Å². The van der Waals surface area contributed by atoms with Crippen molar-refractivity contribution in [1.29, 1.82) is 0 Å². The molecular weight excluding hydrogens is 225 g/mol. The number of amides is 1. The molecule has 88 valence electrons. The number of halogens is 3. The van der Waals surface area contributed by atoms with Crippen LogP contribution in [0.25, 0.3) is 0 Å². The summed E-state index contributed by atoms with van der Waals surface area (Å²) in [6.45, 7) is -1.39. The van der Waals surface area contributed by atoms with Gasteiger partial charge >= 0.3 is 6.18 Å². The van der Waals surface area contributed by atoms with E-state index in [0.717, 1.165) is 0 Å². The average molecular weight is 234 g/mol. The van der Waals surface area contributed by atoms with Gasteiger partial charge in [-0.15, -0.1) is 0 Å². The lowest BCUT2D eigenvalue weighted by Gasteiger charge is -2.08. The van der Waals surface area contributed by atoms with E-state index in [9.17, 15) is 18.0 Å². The number of primary amides is 1. The second-order valence-electron chi connectivity index (χ2n) is 3.05. The summed E-state index contributed by atoms with van der Waals surface area (Å²) < 4.78 is 39.7. The monoisotopic (exact) mass is 234 g/mol. The van der Waals surface area contributed by atoms with Gasteiger partial charge in [-0.1, -0.05) is 6.07 Å². The topological polar surface area (TPSA) is 65.2 Å². The molecule has 1 rings (SSSR count). The van der Waals surface area contributed by atoms with E-state index in [-0.39, 0.29) is 12.3 Å². The molecule has 4 nitrogen and oxygen atoms in total. The van der Waals surface area contributed by atoms with Gasteiger partial charge in [0.25, 0.3) is 0 Å². The standard InChI is InChI=1S/C9H9F3N2O2/c10-9(11,12)5-16-8-2-1-6(4-14-8)3-7(13)15/h1-2,4H,3,5H2,(H2,13,15). The van der Waals surface area contributed by atoms with Crippen LogP contribution in [-0.2, 0) is 11.2 Å². The molecule has 0 saturated heterocycles. The van der Waals surface area contributed by atoms with Crippen LogP contribution in [0.1, 0.15) is 5.56 Å². The molecule has 0 fully saturated rings. The first-order valence-electron chi connectivity index (χ1n) is 4.29. The molecule has 0 aromatic carbocycles. The molecule has 0 radical (unpaired) electrons. The van der Waals surface area contributed by atoms with E-state index in [4.69, 9.17) is 5.73 Å². The Bertz CT molecular complexity index is 362. The Morgan fingerprint density at radius 3 is 2.56 bits per heavy atom. The number of nitrogens with zero attached hydrogens (tertiary/aromatic N) is 1. The van der Waals surface area contributed by atoms with E-state index in [1.54, 1.807) is 0 Å². The number of aromatic nitrogens is 1. The van der Waals surface area contributed by atoms with E-state index in [1.807, 2.05) is 0 Å². The molecule has 16 heavy (non-hydrogen) atoms. The van der Waals surface area contributed by atoms with Crippen LogP contribution in [0.15, 0.2) is 18.3 Å². The summed E-state index contributed by atoms with van der Waals surface area (Å²) in [6, 6.07) is 2.69. The van der Waals surface area contributed by atoms with Crippen molar-refractivity contribution in [2.75, 3.05) is 6.61 Å². The van der Waals surface area contributed by atoms with Gasteiger partial charge in [-0.2, -0.15) is 13.2 Å². The summed E-state index contributed by atoms with van der Waals surface area (Å²) in [7, 11) is 0. The van der Waals surface area contributed by atoms with E-state index < -0.39 is 18.7 Å². The first-order chi connectivity index (χ1) is 7.37. The van der Waals surface area contributed by atoms with Gasteiger partial charge in [0.1, 0.15) is 0 Å². The largest absolute Gasteiger partial charge is 0.468 e. The molecule has 0 spiro atoms. The van der Waals surface area contributed by atoms with Gasteiger partial charge in [0.05, 0.1) is 6.42 Å². The van der Waals surface area contributed by atoms with Crippen LogP contribution in [0.2, 0.25) is 0 Å². The molecule has 0 saturated carbocycles. The lowest BCUT2D eigenvalue weighted by atomic mass is 10.2. The third-order valence-corrected chi connectivity index (χ3v) is 1.56. The quantitative estimate of drug-likeness (QED) is 0.846. The van der Waals surface area contributed by atoms with Gasteiger partial charge in [-0.3, -0.25) is 4.79 Å². The molecule has 0 atom stereocenters. The molecule has 0 aliphatic carbocycles. The van der Waals surface area contributed by atoms with E-state index in [1.165, 1.54) is 18.3 Å². The van der Waals surface area contributed by atoms with Crippen molar-refractivity contribution >= 4 is 5.91 Å². The predicted octanol–water partition coefficient (Wildman–Crippen LogP) is 1.05. The molecule has 0 bridgehead atoms. The molecule has 1 heterocycles. The van der Waals surface area contributed by atoms with Gasteiger partial charge in [-0.05, 0) is 5.56 Å². The molecule has 0 aliphatic heterocycles. The van der Waals surface area contributed by atoms with Crippen LogP contribution in [-0.4, -0.2) is 23.7 Å². The van der Waals surface area contributed by atoms with Crippen LogP contribution in [0.4, 0.5) is 13.2 Å². The third kappa shape index (κ3) is 4.63.